The van der Waals surface area contributed by atoms with E-state index in [1.165, 1.54) is 0 Å². The van der Waals surface area contributed by atoms with E-state index in [0.29, 0.717) is 19.5 Å². The van der Waals surface area contributed by atoms with Crippen molar-refractivity contribution in [2.75, 3.05) is 19.6 Å². The Morgan fingerprint density at radius 2 is 2.12 bits per heavy atom. The Morgan fingerprint density at radius 1 is 1.47 bits per heavy atom. The lowest BCUT2D eigenvalue weighted by Crippen LogP contribution is -2.45. The lowest BCUT2D eigenvalue weighted by molar-refractivity contribution is -0.147. The van der Waals surface area contributed by atoms with Gasteiger partial charge in [0, 0.05) is 13.1 Å². The second-order valence-electron chi connectivity index (χ2n) is 5.37. The van der Waals surface area contributed by atoms with Gasteiger partial charge in [-0.3, -0.25) is 4.79 Å². The number of hydrogen-bond acceptors (Lipinski definition) is 4. The summed E-state index contributed by atoms with van der Waals surface area (Å²) in [4.78, 5) is 22.6. The zero-order valence-corrected chi connectivity index (χ0v) is 10.5. The van der Waals surface area contributed by atoms with Gasteiger partial charge >= 0.3 is 12.1 Å². The Kier molecular flexibility index (Phi) is 3.98. The molecule has 1 saturated heterocycles. The summed E-state index contributed by atoms with van der Waals surface area (Å²) in [7, 11) is 0. The zero-order chi connectivity index (χ0) is 13.1. The number of amides is 1. The van der Waals surface area contributed by atoms with Crippen LogP contribution in [0.1, 0.15) is 27.2 Å². The molecule has 1 rings (SSSR count). The first-order valence-electron chi connectivity index (χ1n) is 5.66. The van der Waals surface area contributed by atoms with E-state index in [1.54, 1.807) is 20.8 Å². The maximum atomic E-state index is 11.4. The van der Waals surface area contributed by atoms with Gasteiger partial charge in [0.1, 0.15) is 5.60 Å². The van der Waals surface area contributed by atoms with E-state index >= 15 is 0 Å². The molecule has 0 aliphatic carbocycles. The number of ether oxygens (including phenoxy) is 1. The molecule has 1 atom stereocenters. The number of aliphatic carboxylic acids is 1. The van der Waals surface area contributed by atoms with Crippen LogP contribution in [0.2, 0.25) is 0 Å². The fourth-order valence-electron chi connectivity index (χ4n) is 1.71. The summed E-state index contributed by atoms with van der Waals surface area (Å²) < 4.78 is 5.06. The van der Waals surface area contributed by atoms with Gasteiger partial charge in [0.2, 0.25) is 0 Å². The van der Waals surface area contributed by atoms with E-state index in [2.05, 4.69) is 10.6 Å². The van der Waals surface area contributed by atoms with Crippen LogP contribution in [0.15, 0.2) is 0 Å². The number of hydrogen-bond donors (Lipinski definition) is 3. The van der Waals surface area contributed by atoms with E-state index < -0.39 is 23.1 Å². The average molecular weight is 244 g/mol. The first-order valence-corrected chi connectivity index (χ1v) is 5.66. The summed E-state index contributed by atoms with van der Waals surface area (Å²) in [6, 6.07) is 0. The molecule has 98 valence electrons. The second kappa shape index (κ2) is 4.91. The van der Waals surface area contributed by atoms with E-state index in [0.717, 1.165) is 0 Å². The lowest BCUT2D eigenvalue weighted by Gasteiger charge is -2.25. The SMILES string of the molecule is CC(C)(C)OC(=O)NCC1(C(=O)O)CCNC1. The van der Waals surface area contributed by atoms with E-state index in [-0.39, 0.29) is 6.54 Å². The van der Waals surface area contributed by atoms with Crippen LogP contribution < -0.4 is 10.6 Å². The molecule has 1 aliphatic rings. The maximum Gasteiger partial charge on any atom is 0.407 e. The number of alkyl carbamates (subject to hydrolysis) is 1. The van der Waals surface area contributed by atoms with Crippen molar-refractivity contribution in [2.45, 2.75) is 32.8 Å². The summed E-state index contributed by atoms with van der Waals surface area (Å²) >= 11 is 0. The summed E-state index contributed by atoms with van der Waals surface area (Å²) in [5, 5.41) is 14.7. The molecule has 17 heavy (non-hydrogen) atoms. The number of rotatable bonds is 3. The van der Waals surface area contributed by atoms with Gasteiger partial charge in [-0.1, -0.05) is 0 Å². The van der Waals surface area contributed by atoms with Gasteiger partial charge in [0.05, 0.1) is 5.41 Å². The Labute approximate surface area is 101 Å². The predicted molar refractivity (Wildman–Crippen MR) is 61.8 cm³/mol. The standard InChI is InChI=1S/C11H20N2O4/c1-10(2,3)17-9(16)13-7-11(8(14)15)4-5-12-6-11/h12H,4-7H2,1-3H3,(H,13,16)(H,14,15). The molecule has 0 radical (unpaired) electrons. The highest BCUT2D eigenvalue weighted by atomic mass is 16.6. The Bertz CT molecular complexity index is 303. The average Bonchev–Trinajstić information content (AvgIpc) is 2.61. The van der Waals surface area contributed by atoms with Crippen LogP contribution in [0.3, 0.4) is 0 Å². The van der Waals surface area contributed by atoms with Crippen LogP contribution in [0, 0.1) is 5.41 Å². The summed E-state index contributed by atoms with van der Waals surface area (Å²) in [6.45, 7) is 6.40. The molecule has 0 saturated carbocycles. The molecule has 0 aromatic heterocycles. The molecule has 1 aliphatic heterocycles. The summed E-state index contributed by atoms with van der Waals surface area (Å²) in [5.41, 5.74) is -1.48. The fourth-order valence-corrected chi connectivity index (χ4v) is 1.71. The second-order valence-corrected chi connectivity index (χ2v) is 5.37. The van der Waals surface area contributed by atoms with Crippen molar-refractivity contribution < 1.29 is 19.4 Å². The van der Waals surface area contributed by atoms with Crippen molar-refractivity contribution in [1.82, 2.24) is 10.6 Å². The van der Waals surface area contributed by atoms with Gasteiger partial charge in [-0.15, -0.1) is 0 Å². The van der Waals surface area contributed by atoms with Crippen molar-refractivity contribution >= 4 is 12.1 Å². The predicted octanol–water partition coefficient (Wildman–Crippen LogP) is 0.575. The highest BCUT2D eigenvalue weighted by molar-refractivity contribution is 5.77. The van der Waals surface area contributed by atoms with Crippen LogP contribution >= 0.6 is 0 Å². The number of nitrogens with one attached hydrogen (secondary N) is 2. The minimum Gasteiger partial charge on any atom is -0.481 e. The molecule has 6 heteroatoms. The summed E-state index contributed by atoms with van der Waals surface area (Å²) in [5.74, 6) is -0.890. The highest BCUT2D eigenvalue weighted by Crippen LogP contribution is 2.24. The van der Waals surface area contributed by atoms with Crippen LogP contribution in [-0.4, -0.2) is 42.4 Å². The minimum atomic E-state index is -0.906. The number of carboxylic acid groups (broad SMARTS) is 1. The quantitative estimate of drug-likeness (QED) is 0.675. The van der Waals surface area contributed by atoms with Crippen LogP contribution in [0.25, 0.3) is 0 Å². The van der Waals surface area contributed by atoms with Gasteiger partial charge in [-0.25, -0.2) is 4.79 Å². The van der Waals surface area contributed by atoms with E-state index in [9.17, 15) is 14.7 Å². The summed E-state index contributed by atoms with van der Waals surface area (Å²) in [6.07, 6.45) is -0.0666. The van der Waals surface area contributed by atoms with Crippen molar-refractivity contribution in [1.29, 1.82) is 0 Å². The maximum absolute atomic E-state index is 11.4. The zero-order valence-electron chi connectivity index (χ0n) is 10.5. The van der Waals surface area contributed by atoms with Crippen molar-refractivity contribution in [3.63, 3.8) is 0 Å². The molecule has 1 unspecified atom stereocenters. The number of carboxylic acids is 1. The largest absolute Gasteiger partial charge is 0.481 e. The molecular formula is C11H20N2O4. The van der Waals surface area contributed by atoms with Gasteiger partial charge in [-0.05, 0) is 33.7 Å². The fraction of sp³-hybridized carbons (Fsp3) is 0.818. The van der Waals surface area contributed by atoms with Crippen LogP contribution in [0.4, 0.5) is 4.79 Å². The molecule has 1 amide bonds. The topological polar surface area (TPSA) is 87.7 Å². The Balaban J connectivity index is 2.48. The number of carbonyl (C=O) groups is 2. The van der Waals surface area contributed by atoms with Gasteiger partial charge in [-0.2, -0.15) is 0 Å². The van der Waals surface area contributed by atoms with E-state index in [1.807, 2.05) is 0 Å². The molecular weight excluding hydrogens is 224 g/mol. The molecule has 3 N–H and O–H groups in total. The molecule has 0 bridgehead atoms. The smallest absolute Gasteiger partial charge is 0.407 e. The molecule has 0 spiro atoms. The molecule has 0 aromatic carbocycles. The Hall–Kier alpha value is -1.30. The third kappa shape index (κ3) is 3.89. The van der Waals surface area contributed by atoms with Gasteiger partial charge in [0.25, 0.3) is 0 Å². The third-order valence-corrected chi connectivity index (χ3v) is 2.67. The molecule has 1 fully saturated rings. The van der Waals surface area contributed by atoms with Crippen LogP contribution in [-0.2, 0) is 9.53 Å². The normalized spacial score (nSPS) is 24.4. The van der Waals surface area contributed by atoms with Gasteiger partial charge < -0.3 is 20.5 Å². The first-order chi connectivity index (χ1) is 7.75. The van der Waals surface area contributed by atoms with Gasteiger partial charge in [0.15, 0.2) is 0 Å². The van der Waals surface area contributed by atoms with Crippen molar-refractivity contribution in [2.24, 2.45) is 5.41 Å². The van der Waals surface area contributed by atoms with Crippen LogP contribution in [0.5, 0.6) is 0 Å². The minimum absolute atomic E-state index is 0.0875. The molecule has 1 heterocycles. The van der Waals surface area contributed by atoms with E-state index in [4.69, 9.17) is 4.74 Å². The third-order valence-electron chi connectivity index (χ3n) is 2.67. The van der Waals surface area contributed by atoms with Crippen molar-refractivity contribution in [3.8, 4) is 0 Å². The molecule has 0 aromatic rings. The molecule has 6 nitrogen and oxygen atoms in total. The van der Waals surface area contributed by atoms with Crippen molar-refractivity contribution in [3.05, 3.63) is 0 Å². The first kappa shape index (κ1) is 13.8. The lowest BCUT2D eigenvalue weighted by atomic mass is 9.87. The number of carbonyl (C=O) groups excluding carboxylic acids is 1. The Morgan fingerprint density at radius 3 is 2.53 bits per heavy atom. The monoisotopic (exact) mass is 244 g/mol. The highest BCUT2D eigenvalue weighted by Gasteiger charge is 2.41.